The average Bonchev–Trinajstić information content (AvgIpc) is 3.46. The number of nitrogens with one attached hydrogen (secondary N) is 2. The van der Waals surface area contributed by atoms with E-state index in [2.05, 4.69) is 15.5 Å². The highest BCUT2D eigenvalue weighted by atomic mass is 32.1. The number of carboxylic acids is 1. The first-order valence-corrected chi connectivity index (χ1v) is 15.4. The first-order valence-electron chi connectivity index (χ1n) is 14.5. The number of thiophene rings is 1. The Hall–Kier alpha value is -4.96. The molecule has 5 rings (SSSR count). The molecule has 44 heavy (non-hydrogen) atoms. The number of aliphatic carboxylic acids is 1. The van der Waals surface area contributed by atoms with Crippen LogP contribution in [0.3, 0.4) is 0 Å². The molecule has 1 saturated heterocycles. The lowest BCUT2D eigenvalue weighted by Crippen LogP contribution is -2.35. The number of hydrogen-bond acceptors (Lipinski definition) is 6. The van der Waals surface area contributed by atoms with Gasteiger partial charge in [-0.05, 0) is 53.8 Å². The molecule has 0 spiro atoms. The zero-order valence-electron chi connectivity index (χ0n) is 24.1. The summed E-state index contributed by atoms with van der Waals surface area (Å²) >= 11 is 1.38. The number of rotatable bonds is 10. The van der Waals surface area contributed by atoms with Gasteiger partial charge in [-0.2, -0.15) is 0 Å². The molecule has 3 amide bonds. The zero-order chi connectivity index (χ0) is 30.9. The summed E-state index contributed by atoms with van der Waals surface area (Å²) in [6, 6.07) is 26.7. The minimum Gasteiger partial charge on any atom is -0.481 e. The van der Waals surface area contributed by atoms with Crippen molar-refractivity contribution >= 4 is 46.4 Å². The summed E-state index contributed by atoms with van der Waals surface area (Å²) in [5, 5.41) is 17.1. The van der Waals surface area contributed by atoms with E-state index in [9.17, 15) is 24.3 Å². The lowest BCUT2D eigenvalue weighted by molar-refractivity contribution is -0.137. The molecule has 1 aromatic heterocycles. The van der Waals surface area contributed by atoms with Gasteiger partial charge in [-0.25, -0.2) is 0 Å². The van der Waals surface area contributed by atoms with Gasteiger partial charge in [0.15, 0.2) is 0 Å². The molecule has 1 unspecified atom stereocenters. The molecule has 0 aliphatic carbocycles. The standard InChI is InChI=1S/C34H34N4O5S/c39-31(21-24-9-3-1-4-10-24)35-27-22-26(33(42)36-28(23-32(40)41)30-13-7-20-44-30)14-15-29(27)37-16-8-17-38(19-18-37)34(43)25-11-5-2-6-12-25/h1-7,9-15,20,22,28H,8,16-19,21,23H2,(H,35,39)(H,36,42)(H,40,41). The van der Waals surface area contributed by atoms with Crippen molar-refractivity contribution in [2.24, 2.45) is 0 Å². The van der Waals surface area contributed by atoms with E-state index < -0.39 is 17.9 Å². The van der Waals surface area contributed by atoms with Crippen LogP contribution in [0.5, 0.6) is 0 Å². The smallest absolute Gasteiger partial charge is 0.305 e. The van der Waals surface area contributed by atoms with Crippen molar-refractivity contribution < 1.29 is 24.3 Å². The van der Waals surface area contributed by atoms with Gasteiger partial charge in [-0.15, -0.1) is 11.3 Å². The topological polar surface area (TPSA) is 119 Å². The summed E-state index contributed by atoms with van der Waals surface area (Å²) in [4.78, 5) is 55.9. The van der Waals surface area contributed by atoms with Gasteiger partial charge < -0.3 is 25.5 Å². The maximum absolute atomic E-state index is 13.4. The van der Waals surface area contributed by atoms with Gasteiger partial charge >= 0.3 is 5.97 Å². The second-order valence-corrected chi connectivity index (χ2v) is 11.6. The van der Waals surface area contributed by atoms with E-state index in [1.165, 1.54) is 11.3 Å². The van der Waals surface area contributed by atoms with E-state index in [1.807, 2.05) is 77.0 Å². The Labute approximate surface area is 260 Å². The highest BCUT2D eigenvalue weighted by Crippen LogP contribution is 2.30. The summed E-state index contributed by atoms with van der Waals surface area (Å²) in [7, 11) is 0. The molecule has 2 heterocycles. The predicted molar refractivity (Wildman–Crippen MR) is 171 cm³/mol. The first-order chi connectivity index (χ1) is 21.4. The molecule has 226 valence electrons. The van der Waals surface area contributed by atoms with Crippen molar-refractivity contribution in [3.63, 3.8) is 0 Å². The molecule has 1 atom stereocenters. The zero-order valence-corrected chi connectivity index (χ0v) is 25.0. The second kappa shape index (κ2) is 14.5. The van der Waals surface area contributed by atoms with Crippen molar-refractivity contribution in [3.8, 4) is 0 Å². The third kappa shape index (κ3) is 7.90. The summed E-state index contributed by atoms with van der Waals surface area (Å²) in [5.74, 6) is -1.70. The Morgan fingerprint density at radius 1 is 0.818 bits per heavy atom. The SMILES string of the molecule is O=C(O)CC(NC(=O)c1ccc(N2CCCN(C(=O)c3ccccc3)CC2)c(NC(=O)Cc2ccccc2)c1)c1cccs1. The molecule has 3 aromatic carbocycles. The fourth-order valence-electron chi connectivity index (χ4n) is 5.28. The molecule has 1 aliphatic heterocycles. The van der Waals surface area contributed by atoms with Crippen molar-refractivity contribution in [1.82, 2.24) is 10.2 Å². The van der Waals surface area contributed by atoms with Crippen molar-refractivity contribution in [1.29, 1.82) is 0 Å². The third-order valence-corrected chi connectivity index (χ3v) is 8.44. The Morgan fingerprint density at radius 3 is 2.27 bits per heavy atom. The van der Waals surface area contributed by atoms with Crippen molar-refractivity contribution in [2.45, 2.75) is 25.3 Å². The van der Waals surface area contributed by atoms with Gasteiger partial charge in [0, 0.05) is 42.2 Å². The molecule has 1 aliphatic rings. The first kappa shape index (κ1) is 30.5. The van der Waals surface area contributed by atoms with E-state index in [0.717, 1.165) is 22.5 Å². The molecule has 1 fully saturated rings. The van der Waals surface area contributed by atoms with Crippen LogP contribution < -0.4 is 15.5 Å². The average molecular weight is 611 g/mol. The molecular weight excluding hydrogens is 576 g/mol. The minimum atomic E-state index is -1.02. The van der Waals surface area contributed by atoms with Crippen LogP contribution in [-0.2, 0) is 16.0 Å². The van der Waals surface area contributed by atoms with Crippen LogP contribution in [0.4, 0.5) is 11.4 Å². The van der Waals surface area contributed by atoms with Crippen molar-refractivity contribution in [3.05, 3.63) is 118 Å². The Balaban J connectivity index is 1.38. The van der Waals surface area contributed by atoms with Gasteiger partial charge in [0.1, 0.15) is 0 Å². The minimum absolute atomic E-state index is 0.0162. The van der Waals surface area contributed by atoms with Gasteiger partial charge in [-0.3, -0.25) is 19.2 Å². The number of carbonyl (C=O) groups excluding carboxylic acids is 3. The number of anilines is 2. The highest BCUT2D eigenvalue weighted by Gasteiger charge is 2.24. The summed E-state index contributed by atoms with van der Waals surface area (Å²) in [5.41, 5.74) is 3.03. The summed E-state index contributed by atoms with van der Waals surface area (Å²) < 4.78 is 0. The number of hydrogen-bond donors (Lipinski definition) is 3. The maximum Gasteiger partial charge on any atom is 0.305 e. The monoisotopic (exact) mass is 610 g/mol. The lowest BCUT2D eigenvalue weighted by atomic mass is 10.1. The lowest BCUT2D eigenvalue weighted by Gasteiger charge is -2.27. The predicted octanol–water partition coefficient (Wildman–Crippen LogP) is 5.23. The molecule has 3 N–H and O–H groups in total. The quantitative estimate of drug-likeness (QED) is 0.226. The molecule has 10 heteroatoms. The van der Waals surface area contributed by atoms with Crippen LogP contribution in [0.2, 0.25) is 0 Å². The molecule has 0 saturated carbocycles. The fourth-order valence-corrected chi connectivity index (χ4v) is 6.06. The highest BCUT2D eigenvalue weighted by molar-refractivity contribution is 7.10. The Bertz CT molecular complexity index is 1590. The van der Waals surface area contributed by atoms with Crippen LogP contribution in [0.1, 0.15) is 50.0 Å². The molecular formula is C34H34N4O5S. The van der Waals surface area contributed by atoms with Crippen LogP contribution in [-0.4, -0.2) is 59.9 Å². The number of nitrogens with zero attached hydrogens (tertiary/aromatic N) is 2. The molecule has 4 aromatic rings. The maximum atomic E-state index is 13.4. The summed E-state index contributed by atoms with van der Waals surface area (Å²) in [6.45, 7) is 2.31. The van der Waals surface area contributed by atoms with Crippen molar-refractivity contribution in [2.75, 3.05) is 36.4 Å². The second-order valence-electron chi connectivity index (χ2n) is 10.6. The van der Waals surface area contributed by atoms with E-state index >= 15 is 0 Å². The van der Waals surface area contributed by atoms with Gasteiger partial charge in [0.25, 0.3) is 11.8 Å². The van der Waals surface area contributed by atoms with Gasteiger partial charge in [0.05, 0.1) is 30.3 Å². The third-order valence-electron chi connectivity index (χ3n) is 7.46. The molecule has 0 bridgehead atoms. The normalized spacial score (nSPS) is 13.9. The van der Waals surface area contributed by atoms with Crippen LogP contribution in [0.25, 0.3) is 0 Å². The van der Waals surface area contributed by atoms with E-state index in [-0.39, 0.29) is 24.7 Å². The van der Waals surface area contributed by atoms with Crippen LogP contribution in [0.15, 0.2) is 96.4 Å². The fraction of sp³-hybridized carbons (Fsp3) is 0.235. The van der Waals surface area contributed by atoms with Crippen LogP contribution >= 0.6 is 11.3 Å². The van der Waals surface area contributed by atoms with Gasteiger partial charge in [-0.1, -0.05) is 54.6 Å². The van der Waals surface area contributed by atoms with Gasteiger partial charge in [0.2, 0.25) is 5.91 Å². The number of benzene rings is 3. The molecule has 9 nitrogen and oxygen atoms in total. The van der Waals surface area contributed by atoms with E-state index in [0.29, 0.717) is 43.0 Å². The molecule has 0 radical (unpaired) electrons. The van der Waals surface area contributed by atoms with Crippen LogP contribution in [0, 0.1) is 0 Å². The largest absolute Gasteiger partial charge is 0.481 e. The number of carboxylic acid groups (broad SMARTS) is 1. The Kier molecular flexibility index (Phi) is 10.0. The number of amides is 3. The van der Waals surface area contributed by atoms with E-state index in [1.54, 1.807) is 24.3 Å². The summed E-state index contributed by atoms with van der Waals surface area (Å²) in [6.07, 6.45) is 0.641. The number of carbonyl (C=O) groups is 4. The Morgan fingerprint density at radius 2 is 1.57 bits per heavy atom. The van der Waals surface area contributed by atoms with E-state index in [4.69, 9.17) is 0 Å².